The van der Waals surface area contributed by atoms with Gasteiger partial charge in [-0.3, -0.25) is 4.79 Å². The lowest BCUT2D eigenvalue weighted by Crippen LogP contribution is -2.39. The zero-order chi connectivity index (χ0) is 11.5. The van der Waals surface area contributed by atoms with Gasteiger partial charge in [0.05, 0.1) is 18.8 Å². The summed E-state index contributed by atoms with van der Waals surface area (Å²) in [4.78, 5) is 11.1. The number of hydrogen-bond donors (Lipinski definition) is 1. The highest BCUT2D eigenvalue weighted by atomic mass is 16.5. The van der Waals surface area contributed by atoms with Crippen LogP contribution in [0.1, 0.15) is 33.6 Å². The Morgan fingerprint density at radius 2 is 2.33 bits per heavy atom. The number of nitrogens with one attached hydrogen (secondary N) is 1. The number of methoxy groups -OCH3 is 1. The smallest absolute Gasteiger partial charge is 0.322 e. The molecule has 1 rings (SSSR count). The molecular weight excluding hydrogens is 194 g/mol. The first-order valence-corrected chi connectivity index (χ1v) is 5.43. The van der Waals surface area contributed by atoms with Crippen LogP contribution in [0.3, 0.4) is 0 Å². The van der Waals surface area contributed by atoms with Crippen molar-refractivity contribution in [3.63, 3.8) is 0 Å². The van der Waals surface area contributed by atoms with Crippen LogP contribution in [-0.4, -0.2) is 37.4 Å². The average molecular weight is 215 g/mol. The number of esters is 1. The molecule has 0 aromatic carbocycles. The van der Waals surface area contributed by atoms with Crippen molar-refractivity contribution < 1.29 is 14.3 Å². The highest BCUT2D eigenvalue weighted by molar-refractivity contribution is 5.75. The molecule has 0 saturated carbocycles. The van der Waals surface area contributed by atoms with Crippen molar-refractivity contribution in [1.29, 1.82) is 0 Å². The fourth-order valence-electron chi connectivity index (χ4n) is 1.79. The Kier molecular flexibility index (Phi) is 4.11. The quantitative estimate of drug-likeness (QED) is 0.713. The standard InChI is InChI=1S/C11H21NO3/c1-8(10(13)14-4)12-7-9-5-6-11(2,3)15-9/h8-9,12H,5-7H2,1-4H3. The maximum absolute atomic E-state index is 11.1. The van der Waals surface area contributed by atoms with Crippen LogP contribution in [-0.2, 0) is 14.3 Å². The van der Waals surface area contributed by atoms with Crippen molar-refractivity contribution in [3.8, 4) is 0 Å². The molecule has 1 heterocycles. The molecule has 0 aromatic heterocycles. The number of carbonyl (C=O) groups excluding carboxylic acids is 1. The zero-order valence-electron chi connectivity index (χ0n) is 10.0. The van der Waals surface area contributed by atoms with Gasteiger partial charge in [0.1, 0.15) is 6.04 Å². The first-order chi connectivity index (χ1) is 6.94. The molecule has 1 aliphatic heterocycles. The summed E-state index contributed by atoms with van der Waals surface area (Å²) in [6.45, 7) is 6.69. The Hall–Kier alpha value is -0.610. The second-order valence-corrected chi connectivity index (χ2v) is 4.69. The van der Waals surface area contributed by atoms with Gasteiger partial charge in [0.2, 0.25) is 0 Å². The molecule has 1 fully saturated rings. The van der Waals surface area contributed by atoms with Crippen LogP contribution in [0.5, 0.6) is 0 Å². The lowest BCUT2D eigenvalue weighted by atomic mass is 10.1. The highest BCUT2D eigenvalue weighted by Crippen LogP contribution is 2.28. The molecule has 0 aliphatic carbocycles. The molecule has 1 aliphatic rings. The van der Waals surface area contributed by atoms with E-state index in [0.29, 0.717) is 6.54 Å². The molecule has 0 aromatic rings. The van der Waals surface area contributed by atoms with Crippen LogP contribution in [0.25, 0.3) is 0 Å². The van der Waals surface area contributed by atoms with Crippen molar-refractivity contribution in [2.45, 2.75) is 51.4 Å². The molecule has 0 bridgehead atoms. The Morgan fingerprint density at radius 3 is 2.80 bits per heavy atom. The van der Waals surface area contributed by atoms with Crippen LogP contribution in [0, 0.1) is 0 Å². The van der Waals surface area contributed by atoms with Gasteiger partial charge in [-0.1, -0.05) is 0 Å². The third-order valence-electron chi connectivity index (χ3n) is 2.76. The highest BCUT2D eigenvalue weighted by Gasteiger charge is 2.31. The van der Waals surface area contributed by atoms with Gasteiger partial charge in [-0.25, -0.2) is 0 Å². The van der Waals surface area contributed by atoms with E-state index in [1.54, 1.807) is 6.92 Å². The third-order valence-corrected chi connectivity index (χ3v) is 2.76. The molecule has 2 atom stereocenters. The van der Waals surface area contributed by atoms with Crippen molar-refractivity contribution in [3.05, 3.63) is 0 Å². The molecule has 4 heteroatoms. The van der Waals surface area contributed by atoms with E-state index < -0.39 is 0 Å². The number of rotatable bonds is 4. The van der Waals surface area contributed by atoms with E-state index in [-0.39, 0.29) is 23.7 Å². The van der Waals surface area contributed by atoms with E-state index in [0.717, 1.165) is 12.8 Å². The summed E-state index contributed by atoms with van der Waals surface area (Å²) in [5.74, 6) is -0.229. The summed E-state index contributed by atoms with van der Waals surface area (Å²) in [6.07, 6.45) is 2.34. The normalized spacial score (nSPS) is 26.3. The van der Waals surface area contributed by atoms with Crippen molar-refractivity contribution in [2.75, 3.05) is 13.7 Å². The second-order valence-electron chi connectivity index (χ2n) is 4.69. The molecule has 1 N–H and O–H groups in total. The minimum absolute atomic E-state index is 0.0130. The first-order valence-electron chi connectivity index (χ1n) is 5.43. The average Bonchev–Trinajstić information content (AvgIpc) is 2.53. The fraction of sp³-hybridized carbons (Fsp3) is 0.909. The monoisotopic (exact) mass is 215 g/mol. The molecule has 1 saturated heterocycles. The first kappa shape index (κ1) is 12.5. The molecule has 0 amide bonds. The fourth-order valence-corrected chi connectivity index (χ4v) is 1.79. The Labute approximate surface area is 91.3 Å². The largest absolute Gasteiger partial charge is 0.468 e. The predicted octanol–water partition coefficient (Wildman–Crippen LogP) is 1.10. The van der Waals surface area contributed by atoms with Gasteiger partial charge < -0.3 is 14.8 Å². The second kappa shape index (κ2) is 4.94. The third kappa shape index (κ3) is 3.80. The van der Waals surface area contributed by atoms with Gasteiger partial charge in [-0.15, -0.1) is 0 Å². The molecular formula is C11H21NO3. The topological polar surface area (TPSA) is 47.6 Å². The predicted molar refractivity (Wildman–Crippen MR) is 57.7 cm³/mol. The van der Waals surface area contributed by atoms with Gasteiger partial charge >= 0.3 is 5.97 Å². The van der Waals surface area contributed by atoms with Crippen LogP contribution in [0.4, 0.5) is 0 Å². The van der Waals surface area contributed by atoms with Crippen LogP contribution >= 0.6 is 0 Å². The van der Waals surface area contributed by atoms with Crippen LogP contribution < -0.4 is 5.32 Å². The SMILES string of the molecule is COC(=O)C(C)NCC1CCC(C)(C)O1. The summed E-state index contributed by atoms with van der Waals surface area (Å²) in [7, 11) is 1.40. The molecule has 88 valence electrons. The van der Waals surface area contributed by atoms with Gasteiger partial charge in [-0.2, -0.15) is 0 Å². The summed E-state index contributed by atoms with van der Waals surface area (Å²) in [6, 6.07) is -0.262. The molecule has 0 spiro atoms. The van der Waals surface area contributed by atoms with E-state index in [1.165, 1.54) is 7.11 Å². The maximum Gasteiger partial charge on any atom is 0.322 e. The molecule has 0 radical (unpaired) electrons. The van der Waals surface area contributed by atoms with Gasteiger partial charge in [0.25, 0.3) is 0 Å². The van der Waals surface area contributed by atoms with Gasteiger partial charge in [0, 0.05) is 6.54 Å². The minimum Gasteiger partial charge on any atom is -0.468 e. The van der Waals surface area contributed by atoms with Crippen molar-refractivity contribution in [1.82, 2.24) is 5.32 Å². The number of hydrogen-bond acceptors (Lipinski definition) is 4. The van der Waals surface area contributed by atoms with E-state index in [2.05, 4.69) is 23.9 Å². The summed E-state index contributed by atoms with van der Waals surface area (Å²) in [5.41, 5.74) is -0.0130. The minimum atomic E-state index is -0.262. The molecule has 4 nitrogen and oxygen atoms in total. The summed E-state index contributed by atoms with van der Waals surface area (Å²) >= 11 is 0. The number of ether oxygens (including phenoxy) is 2. The van der Waals surface area contributed by atoms with E-state index >= 15 is 0 Å². The van der Waals surface area contributed by atoms with Crippen molar-refractivity contribution >= 4 is 5.97 Å². The van der Waals surface area contributed by atoms with E-state index in [4.69, 9.17) is 4.74 Å². The number of carbonyl (C=O) groups is 1. The zero-order valence-corrected chi connectivity index (χ0v) is 10.0. The van der Waals surface area contributed by atoms with E-state index in [1.807, 2.05) is 0 Å². The lowest BCUT2D eigenvalue weighted by molar-refractivity contribution is -0.142. The van der Waals surface area contributed by atoms with Gasteiger partial charge in [0.15, 0.2) is 0 Å². The summed E-state index contributed by atoms with van der Waals surface area (Å²) in [5, 5.41) is 3.11. The Bertz CT molecular complexity index is 228. The maximum atomic E-state index is 11.1. The van der Waals surface area contributed by atoms with E-state index in [9.17, 15) is 4.79 Å². The molecule has 15 heavy (non-hydrogen) atoms. The Morgan fingerprint density at radius 1 is 1.67 bits per heavy atom. The molecule has 2 unspecified atom stereocenters. The van der Waals surface area contributed by atoms with Crippen molar-refractivity contribution in [2.24, 2.45) is 0 Å². The van der Waals surface area contributed by atoms with Crippen LogP contribution in [0.2, 0.25) is 0 Å². The summed E-state index contributed by atoms with van der Waals surface area (Å²) < 4.78 is 10.4. The Balaban J connectivity index is 2.24. The van der Waals surface area contributed by atoms with Crippen LogP contribution in [0.15, 0.2) is 0 Å². The van der Waals surface area contributed by atoms with Gasteiger partial charge in [-0.05, 0) is 33.6 Å². The lowest BCUT2D eigenvalue weighted by Gasteiger charge is -2.20.